The van der Waals surface area contributed by atoms with Gasteiger partial charge in [-0.25, -0.2) is 0 Å². The fourth-order valence-electron chi connectivity index (χ4n) is 5.50. The molecule has 1 N–H and O–H groups in total. The summed E-state index contributed by atoms with van der Waals surface area (Å²) < 4.78 is 0.944. The summed E-state index contributed by atoms with van der Waals surface area (Å²) in [5, 5.41) is 3.75. The SMILES string of the molecule is CC(C)NC(=O)C1CN(C2c3ccc(Cl)cc3CCc3cc(Br)cnc32)CCN1C(=O)Cc1cccnc1. The normalized spacial score (nSPS) is 19.4. The molecular formula is C29H31BrClN5O2. The lowest BCUT2D eigenvalue weighted by Gasteiger charge is -2.44. The molecule has 2 atom stereocenters. The first-order chi connectivity index (χ1) is 18.3. The topological polar surface area (TPSA) is 78.4 Å². The molecule has 1 saturated heterocycles. The van der Waals surface area contributed by atoms with Crippen LogP contribution in [0.25, 0.3) is 0 Å². The number of fused-ring (bicyclic) bond motifs is 2. The first kappa shape index (κ1) is 26.8. The van der Waals surface area contributed by atoms with Crippen molar-refractivity contribution in [1.82, 2.24) is 25.1 Å². The van der Waals surface area contributed by atoms with E-state index < -0.39 is 6.04 Å². The van der Waals surface area contributed by atoms with Gasteiger partial charge in [-0.1, -0.05) is 23.7 Å². The Morgan fingerprint density at radius 3 is 2.71 bits per heavy atom. The molecule has 1 fully saturated rings. The van der Waals surface area contributed by atoms with Gasteiger partial charge in [0.15, 0.2) is 0 Å². The van der Waals surface area contributed by atoms with Crippen LogP contribution in [0.5, 0.6) is 0 Å². The number of rotatable bonds is 5. The average Bonchev–Trinajstić information content (AvgIpc) is 3.04. The molecule has 2 unspecified atom stereocenters. The van der Waals surface area contributed by atoms with Gasteiger partial charge in [-0.2, -0.15) is 0 Å². The molecule has 1 aliphatic carbocycles. The average molecular weight is 597 g/mol. The third-order valence-corrected chi connectivity index (χ3v) is 7.87. The molecule has 7 nitrogen and oxygen atoms in total. The summed E-state index contributed by atoms with van der Waals surface area (Å²) in [6, 6.07) is 11.1. The molecule has 3 aromatic rings. The van der Waals surface area contributed by atoms with Gasteiger partial charge in [0.05, 0.1) is 18.2 Å². The third-order valence-electron chi connectivity index (χ3n) is 7.20. The molecule has 2 amide bonds. The van der Waals surface area contributed by atoms with Crippen LogP contribution in [0.3, 0.4) is 0 Å². The number of halogens is 2. The van der Waals surface area contributed by atoms with Gasteiger partial charge in [-0.3, -0.25) is 24.5 Å². The van der Waals surface area contributed by atoms with Crippen LogP contribution in [0.15, 0.2) is 59.5 Å². The number of benzene rings is 1. The number of hydrogen-bond acceptors (Lipinski definition) is 5. The highest BCUT2D eigenvalue weighted by Gasteiger charge is 2.40. The monoisotopic (exact) mass is 595 g/mol. The van der Waals surface area contributed by atoms with Crippen LogP contribution < -0.4 is 5.32 Å². The Morgan fingerprint density at radius 1 is 1.13 bits per heavy atom. The molecule has 0 spiro atoms. The van der Waals surface area contributed by atoms with E-state index in [2.05, 4.69) is 43.3 Å². The van der Waals surface area contributed by atoms with Gasteiger partial charge in [-0.05, 0) is 89.1 Å². The fraction of sp³-hybridized carbons (Fsp3) is 0.379. The number of nitrogens with one attached hydrogen (secondary N) is 1. The van der Waals surface area contributed by atoms with Crippen molar-refractivity contribution in [3.8, 4) is 0 Å². The smallest absolute Gasteiger partial charge is 0.244 e. The number of carbonyl (C=O) groups excluding carboxylic acids is 2. The second-order valence-electron chi connectivity index (χ2n) is 10.2. The zero-order valence-electron chi connectivity index (χ0n) is 21.5. The maximum absolute atomic E-state index is 13.5. The van der Waals surface area contributed by atoms with E-state index in [-0.39, 0.29) is 30.3 Å². The largest absolute Gasteiger partial charge is 0.352 e. The van der Waals surface area contributed by atoms with Crippen molar-refractivity contribution in [2.75, 3.05) is 19.6 Å². The number of aryl methyl sites for hydroxylation is 2. The van der Waals surface area contributed by atoms with Crippen molar-refractivity contribution in [2.24, 2.45) is 0 Å². The minimum absolute atomic E-state index is 0.0337. The third kappa shape index (κ3) is 5.77. The van der Waals surface area contributed by atoms with E-state index in [1.165, 1.54) is 11.1 Å². The van der Waals surface area contributed by atoms with Gasteiger partial charge in [-0.15, -0.1) is 0 Å². The van der Waals surface area contributed by atoms with Crippen LogP contribution in [0.2, 0.25) is 5.02 Å². The van der Waals surface area contributed by atoms with Crippen LogP contribution in [0.4, 0.5) is 0 Å². The zero-order chi connectivity index (χ0) is 26.8. The summed E-state index contributed by atoms with van der Waals surface area (Å²) in [6.07, 6.45) is 7.15. The van der Waals surface area contributed by atoms with Crippen molar-refractivity contribution in [3.05, 3.63) is 92.4 Å². The predicted molar refractivity (Wildman–Crippen MR) is 151 cm³/mol. The summed E-state index contributed by atoms with van der Waals surface area (Å²) in [7, 11) is 0. The Hall–Kier alpha value is -2.81. The molecule has 5 rings (SSSR count). The Kier molecular flexibility index (Phi) is 8.12. The minimum Gasteiger partial charge on any atom is -0.352 e. The molecule has 2 aliphatic rings. The number of carbonyl (C=O) groups is 2. The molecule has 198 valence electrons. The summed E-state index contributed by atoms with van der Waals surface area (Å²) in [4.78, 5) is 40.0. The Balaban J connectivity index is 1.50. The fourth-order valence-corrected chi connectivity index (χ4v) is 6.08. The second kappa shape index (κ2) is 11.5. The lowest BCUT2D eigenvalue weighted by molar-refractivity contribution is -0.144. The van der Waals surface area contributed by atoms with Crippen LogP contribution in [0.1, 0.15) is 47.8 Å². The summed E-state index contributed by atoms with van der Waals surface area (Å²) in [5.74, 6) is -0.213. The standard InChI is InChI=1S/C29H31BrClN5O2/c1-18(2)34-29(38)25-17-35(10-11-36(25)26(37)12-19-4-3-9-32-15-19)28-24-8-7-23(31)14-20(24)5-6-21-13-22(30)16-33-27(21)28/h3-4,7-9,13-16,18,25,28H,5-6,10-12,17H2,1-2H3,(H,34,38). The van der Waals surface area contributed by atoms with Crippen molar-refractivity contribution >= 4 is 39.3 Å². The van der Waals surface area contributed by atoms with E-state index in [0.717, 1.165) is 34.1 Å². The molecule has 0 bridgehead atoms. The highest BCUT2D eigenvalue weighted by Crippen LogP contribution is 2.38. The van der Waals surface area contributed by atoms with E-state index >= 15 is 0 Å². The number of pyridine rings is 2. The first-order valence-electron chi connectivity index (χ1n) is 13.0. The number of amides is 2. The lowest BCUT2D eigenvalue weighted by Crippen LogP contribution is -2.62. The van der Waals surface area contributed by atoms with Crippen molar-refractivity contribution in [2.45, 2.75) is 51.2 Å². The first-order valence-corrected chi connectivity index (χ1v) is 14.1. The van der Waals surface area contributed by atoms with Crippen LogP contribution in [-0.4, -0.2) is 63.3 Å². The van der Waals surface area contributed by atoms with E-state index in [0.29, 0.717) is 24.7 Å². The van der Waals surface area contributed by atoms with E-state index in [4.69, 9.17) is 16.6 Å². The van der Waals surface area contributed by atoms with Crippen LogP contribution >= 0.6 is 27.5 Å². The predicted octanol–water partition coefficient (Wildman–Crippen LogP) is 4.36. The Morgan fingerprint density at radius 2 is 1.95 bits per heavy atom. The molecular weight excluding hydrogens is 566 g/mol. The molecule has 1 aliphatic heterocycles. The quantitative estimate of drug-likeness (QED) is 0.474. The molecule has 0 radical (unpaired) electrons. The van der Waals surface area contributed by atoms with Gasteiger partial charge < -0.3 is 10.2 Å². The van der Waals surface area contributed by atoms with Gasteiger partial charge >= 0.3 is 0 Å². The summed E-state index contributed by atoms with van der Waals surface area (Å²) >= 11 is 9.98. The van der Waals surface area contributed by atoms with E-state index in [1.54, 1.807) is 17.3 Å². The Labute approximate surface area is 236 Å². The molecule has 1 aromatic carbocycles. The molecule has 9 heteroatoms. The minimum atomic E-state index is -0.617. The highest BCUT2D eigenvalue weighted by atomic mass is 79.9. The molecule has 38 heavy (non-hydrogen) atoms. The molecule has 3 heterocycles. The maximum Gasteiger partial charge on any atom is 0.244 e. The van der Waals surface area contributed by atoms with Crippen LogP contribution in [0, 0.1) is 0 Å². The zero-order valence-corrected chi connectivity index (χ0v) is 23.9. The van der Waals surface area contributed by atoms with Crippen molar-refractivity contribution in [1.29, 1.82) is 0 Å². The van der Waals surface area contributed by atoms with Gasteiger partial charge in [0.1, 0.15) is 6.04 Å². The van der Waals surface area contributed by atoms with Crippen molar-refractivity contribution in [3.63, 3.8) is 0 Å². The molecule has 0 saturated carbocycles. The number of nitrogens with zero attached hydrogens (tertiary/aromatic N) is 4. The Bertz CT molecular complexity index is 1280. The second-order valence-corrected chi connectivity index (χ2v) is 11.6. The highest BCUT2D eigenvalue weighted by molar-refractivity contribution is 9.10. The number of hydrogen-bond donors (Lipinski definition) is 1. The summed E-state index contributed by atoms with van der Waals surface area (Å²) in [6.45, 7) is 5.34. The molecule has 2 aromatic heterocycles. The van der Waals surface area contributed by atoms with Crippen LogP contribution in [-0.2, 0) is 28.9 Å². The van der Waals surface area contributed by atoms with Crippen molar-refractivity contribution < 1.29 is 9.59 Å². The van der Waals surface area contributed by atoms with E-state index in [1.807, 2.05) is 44.3 Å². The van der Waals surface area contributed by atoms with Gasteiger partial charge in [0.2, 0.25) is 11.8 Å². The van der Waals surface area contributed by atoms with Gasteiger partial charge in [0, 0.05) is 53.8 Å². The lowest BCUT2D eigenvalue weighted by atomic mass is 9.95. The number of piperazine rings is 1. The van der Waals surface area contributed by atoms with Gasteiger partial charge in [0.25, 0.3) is 0 Å². The summed E-state index contributed by atoms with van der Waals surface area (Å²) in [5.41, 5.74) is 5.35. The van der Waals surface area contributed by atoms with E-state index in [9.17, 15) is 9.59 Å². The maximum atomic E-state index is 13.5. The number of aromatic nitrogens is 2.